The first-order valence-corrected chi connectivity index (χ1v) is 10.3. The minimum atomic E-state index is -0.714. The van der Waals surface area contributed by atoms with Crippen LogP contribution >= 0.6 is 11.8 Å². The van der Waals surface area contributed by atoms with Crippen LogP contribution in [0.4, 0.5) is 0 Å². The molecule has 0 saturated heterocycles. The number of carbonyl (C=O) groups is 1. The molecule has 0 aliphatic heterocycles. The van der Waals surface area contributed by atoms with E-state index in [0.717, 1.165) is 37.8 Å². The van der Waals surface area contributed by atoms with E-state index in [9.17, 15) is 10.1 Å². The van der Waals surface area contributed by atoms with Gasteiger partial charge in [-0.25, -0.2) is 0 Å². The molecule has 7 nitrogen and oxygen atoms in total. The van der Waals surface area contributed by atoms with Crippen LogP contribution in [0.1, 0.15) is 57.4 Å². The minimum Gasteiger partial charge on any atom is -0.337 e. The maximum atomic E-state index is 12.4. The zero-order chi connectivity index (χ0) is 19.3. The number of carbonyl (C=O) groups excluding carboxylic acids is 1. The molecule has 0 atom stereocenters. The highest BCUT2D eigenvalue weighted by molar-refractivity contribution is 7.99. The van der Waals surface area contributed by atoms with Crippen molar-refractivity contribution in [1.82, 2.24) is 25.5 Å². The van der Waals surface area contributed by atoms with Crippen molar-refractivity contribution in [2.75, 3.05) is 5.75 Å². The van der Waals surface area contributed by atoms with E-state index in [-0.39, 0.29) is 11.7 Å². The number of nitrogens with one attached hydrogen (secondary N) is 1. The highest BCUT2D eigenvalue weighted by atomic mass is 32.2. The Morgan fingerprint density at radius 1 is 1.30 bits per heavy atom. The van der Waals surface area contributed by atoms with Gasteiger partial charge >= 0.3 is 0 Å². The fourth-order valence-corrected chi connectivity index (χ4v) is 3.98. The highest BCUT2D eigenvalue weighted by Crippen LogP contribution is 2.28. The van der Waals surface area contributed by atoms with Gasteiger partial charge in [-0.15, -0.1) is 5.10 Å². The summed E-state index contributed by atoms with van der Waals surface area (Å²) in [6.07, 6.45) is 4.52. The Morgan fingerprint density at radius 2 is 2.00 bits per heavy atom. The monoisotopic (exact) mass is 384 g/mol. The number of hydrogen-bond acceptors (Lipinski definition) is 6. The number of hydrogen-bond donors (Lipinski definition) is 1. The average Bonchev–Trinajstić information content (AvgIpc) is 3.16. The SMILES string of the molecule is CC(C)c1ccc(-n2nnnc2SCC(=O)NC2(C#N)CCCCC2)cc1. The largest absolute Gasteiger partial charge is 0.337 e. The summed E-state index contributed by atoms with van der Waals surface area (Å²) in [6, 6.07) is 10.4. The van der Waals surface area contributed by atoms with E-state index >= 15 is 0 Å². The van der Waals surface area contributed by atoms with Gasteiger partial charge in [-0.05, 0) is 46.9 Å². The van der Waals surface area contributed by atoms with Crippen molar-refractivity contribution in [2.24, 2.45) is 0 Å². The molecule has 1 saturated carbocycles. The molecule has 1 amide bonds. The molecular formula is C19H24N6OS. The second-order valence-corrected chi connectivity index (χ2v) is 8.15. The van der Waals surface area contributed by atoms with Crippen molar-refractivity contribution in [3.8, 4) is 11.8 Å². The van der Waals surface area contributed by atoms with E-state index < -0.39 is 5.54 Å². The van der Waals surface area contributed by atoms with Gasteiger partial charge in [-0.1, -0.05) is 57.0 Å². The molecule has 1 aromatic heterocycles. The van der Waals surface area contributed by atoms with Gasteiger partial charge < -0.3 is 5.32 Å². The molecule has 1 aliphatic rings. The predicted molar refractivity (Wildman–Crippen MR) is 104 cm³/mol. The molecule has 1 aromatic carbocycles. The number of amides is 1. The Hall–Kier alpha value is -2.40. The molecular weight excluding hydrogens is 360 g/mol. The maximum Gasteiger partial charge on any atom is 0.231 e. The molecule has 27 heavy (non-hydrogen) atoms. The van der Waals surface area contributed by atoms with Crippen molar-refractivity contribution in [3.05, 3.63) is 29.8 Å². The van der Waals surface area contributed by atoms with E-state index in [0.29, 0.717) is 11.1 Å². The Kier molecular flexibility index (Phi) is 6.11. The summed E-state index contributed by atoms with van der Waals surface area (Å²) in [6.45, 7) is 4.29. The van der Waals surface area contributed by atoms with Crippen LogP contribution in [0, 0.1) is 11.3 Å². The molecule has 3 rings (SSSR count). The Morgan fingerprint density at radius 3 is 2.63 bits per heavy atom. The first-order chi connectivity index (χ1) is 13.0. The summed E-state index contributed by atoms with van der Waals surface area (Å²) in [7, 11) is 0. The van der Waals surface area contributed by atoms with Gasteiger partial charge in [0.05, 0.1) is 17.5 Å². The fraction of sp³-hybridized carbons (Fsp3) is 0.526. The van der Waals surface area contributed by atoms with E-state index in [1.165, 1.54) is 17.3 Å². The van der Waals surface area contributed by atoms with Gasteiger partial charge in [0.15, 0.2) is 0 Å². The summed E-state index contributed by atoms with van der Waals surface area (Å²) in [5.41, 5.74) is 1.39. The van der Waals surface area contributed by atoms with Gasteiger partial charge in [0, 0.05) is 0 Å². The van der Waals surface area contributed by atoms with Gasteiger partial charge in [-0.2, -0.15) is 9.94 Å². The van der Waals surface area contributed by atoms with Crippen LogP contribution in [0.2, 0.25) is 0 Å². The summed E-state index contributed by atoms with van der Waals surface area (Å²) >= 11 is 1.27. The number of nitriles is 1. The van der Waals surface area contributed by atoms with Crippen molar-refractivity contribution in [2.45, 2.75) is 62.6 Å². The molecule has 0 spiro atoms. The Bertz CT molecular complexity index is 817. The number of benzene rings is 1. The number of thioether (sulfide) groups is 1. The molecule has 1 heterocycles. The van der Waals surface area contributed by atoms with Crippen LogP contribution in [0.25, 0.3) is 5.69 Å². The second-order valence-electron chi connectivity index (χ2n) is 7.21. The third-order valence-electron chi connectivity index (χ3n) is 4.88. The number of rotatable bonds is 6. The van der Waals surface area contributed by atoms with Gasteiger partial charge in [0.1, 0.15) is 5.54 Å². The smallest absolute Gasteiger partial charge is 0.231 e. The Labute approximate surface area is 163 Å². The summed E-state index contributed by atoms with van der Waals surface area (Å²) in [4.78, 5) is 12.4. The Balaban J connectivity index is 1.63. The molecule has 2 aromatic rings. The molecule has 142 valence electrons. The van der Waals surface area contributed by atoms with E-state index in [1.54, 1.807) is 4.68 Å². The lowest BCUT2D eigenvalue weighted by molar-refractivity contribution is -0.120. The van der Waals surface area contributed by atoms with Gasteiger partial charge in [0.2, 0.25) is 11.1 Å². The molecule has 8 heteroatoms. The number of nitrogens with zero attached hydrogens (tertiary/aromatic N) is 5. The summed E-state index contributed by atoms with van der Waals surface area (Å²) in [5, 5.41) is 24.8. The molecule has 0 unspecified atom stereocenters. The lowest BCUT2D eigenvalue weighted by Gasteiger charge is -2.31. The first-order valence-electron chi connectivity index (χ1n) is 9.27. The van der Waals surface area contributed by atoms with Crippen molar-refractivity contribution < 1.29 is 4.79 Å². The molecule has 1 aliphatic carbocycles. The molecule has 0 bridgehead atoms. The van der Waals surface area contributed by atoms with Crippen LogP contribution in [-0.2, 0) is 4.79 Å². The van der Waals surface area contributed by atoms with Crippen molar-refractivity contribution in [3.63, 3.8) is 0 Å². The lowest BCUT2D eigenvalue weighted by Crippen LogP contribution is -2.49. The van der Waals surface area contributed by atoms with Crippen LogP contribution in [0.3, 0.4) is 0 Å². The third kappa shape index (κ3) is 4.66. The second kappa shape index (κ2) is 8.53. The maximum absolute atomic E-state index is 12.4. The van der Waals surface area contributed by atoms with Crippen LogP contribution in [0.5, 0.6) is 0 Å². The topological polar surface area (TPSA) is 96.5 Å². The molecule has 1 N–H and O–H groups in total. The number of aromatic nitrogens is 4. The minimum absolute atomic E-state index is 0.159. The van der Waals surface area contributed by atoms with Gasteiger partial charge in [0.25, 0.3) is 0 Å². The molecule has 0 radical (unpaired) electrons. The van der Waals surface area contributed by atoms with Crippen LogP contribution in [-0.4, -0.2) is 37.4 Å². The molecule has 1 fully saturated rings. The zero-order valence-corrected chi connectivity index (χ0v) is 16.5. The van der Waals surface area contributed by atoms with Crippen LogP contribution in [0.15, 0.2) is 29.4 Å². The van der Waals surface area contributed by atoms with E-state index in [1.807, 2.05) is 12.1 Å². The number of tetrazole rings is 1. The zero-order valence-electron chi connectivity index (χ0n) is 15.7. The quantitative estimate of drug-likeness (QED) is 0.768. The normalized spacial score (nSPS) is 16.1. The van der Waals surface area contributed by atoms with Crippen LogP contribution < -0.4 is 5.32 Å². The van der Waals surface area contributed by atoms with Gasteiger partial charge in [-0.3, -0.25) is 4.79 Å². The highest BCUT2D eigenvalue weighted by Gasteiger charge is 2.33. The first kappa shape index (κ1) is 19.4. The third-order valence-corrected chi connectivity index (χ3v) is 5.80. The van der Waals surface area contributed by atoms with E-state index in [4.69, 9.17) is 0 Å². The lowest BCUT2D eigenvalue weighted by atomic mass is 9.83. The summed E-state index contributed by atoms with van der Waals surface area (Å²) in [5.74, 6) is 0.472. The standard InChI is InChI=1S/C19H24N6OS/c1-14(2)15-6-8-16(9-7-15)25-18(22-23-24-25)27-12-17(26)21-19(13-20)10-4-3-5-11-19/h6-9,14H,3-5,10-12H2,1-2H3,(H,21,26). The van der Waals surface area contributed by atoms with E-state index in [2.05, 4.69) is 52.9 Å². The van der Waals surface area contributed by atoms with Crippen molar-refractivity contribution in [1.29, 1.82) is 5.26 Å². The predicted octanol–water partition coefficient (Wildman–Crippen LogP) is 3.22. The fourth-order valence-electron chi connectivity index (χ4n) is 3.28. The average molecular weight is 385 g/mol. The van der Waals surface area contributed by atoms with Crippen molar-refractivity contribution >= 4 is 17.7 Å². The summed E-state index contributed by atoms with van der Waals surface area (Å²) < 4.78 is 1.63.